The number of pyridine rings is 1. The van der Waals surface area contributed by atoms with Gasteiger partial charge < -0.3 is 14.8 Å². The maximum absolute atomic E-state index is 12.5. The lowest BCUT2D eigenvalue weighted by molar-refractivity contribution is 0.218. The minimum atomic E-state index is -0.455. The molecule has 3 atom stereocenters. The summed E-state index contributed by atoms with van der Waals surface area (Å²) in [4.78, 5) is 38.8. The molecule has 1 aliphatic heterocycles. The summed E-state index contributed by atoms with van der Waals surface area (Å²) in [6.07, 6.45) is 5.38. The van der Waals surface area contributed by atoms with Crippen LogP contribution in [0.1, 0.15) is 18.4 Å². The first kappa shape index (κ1) is 18.6. The molecule has 2 fully saturated rings. The number of anilines is 2. The van der Waals surface area contributed by atoms with Gasteiger partial charge in [-0.25, -0.2) is 14.6 Å². The van der Waals surface area contributed by atoms with Crippen LogP contribution in [0.4, 0.5) is 15.6 Å². The van der Waals surface area contributed by atoms with Crippen molar-refractivity contribution in [3.05, 3.63) is 34.5 Å². The van der Waals surface area contributed by atoms with Crippen molar-refractivity contribution in [2.75, 3.05) is 30.4 Å². The van der Waals surface area contributed by atoms with E-state index in [-0.39, 0.29) is 11.2 Å². The Bertz CT molecular complexity index is 1190. The Morgan fingerprint density at radius 2 is 2.17 bits per heavy atom. The van der Waals surface area contributed by atoms with Gasteiger partial charge in [0.1, 0.15) is 11.7 Å². The molecule has 3 aromatic rings. The second-order valence-electron chi connectivity index (χ2n) is 7.89. The van der Waals surface area contributed by atoms with Crippen LogP contribution in [0.25, 0.3) is 11.0 Å². The van der Waals surface area contributed by atoms with Crippen molar-refractivity contribution in [2.24, 2.45) is 11.8 Å². The number of hydrogen-bond donors (Lipinski definition) is 3. The van der Waals surface area contributed by atoms with E-state index in [0.717, 1.165) is 41.1 Å². The van der Waals surface area contributed by atoms with E-state index in [9.17, 15) is 14.9 Å². The minimum Gasteiger partial charge on any atom is -0.370 e. The molecule has 1 aliphatic carbocycles. The van der Waals surface area contributed by atoms with Gasteiger partial charge in [0.2, 0.25) is 5.13 Å². The summed E-state index contributed by atoms with van der Waals surface area (Å²) in [5.74, 6) is 0.824. The Morgan fingerprint density at radius 3 is 2.83 bits per heavy atom. The van der Waals surface area contributed by atoms with Crippen molar-refractivity contribution in [1.82, 2.24) is 24.2 Å². The summed E-state index contributed by atoms with van der Waals surface area (Å²) in [5, 5.41) is 13.5. The maximum Gasteiger partial charge on any atom is 0.357 e. The van der Waals surface area contributed by atoms with Crippen molar-refractivity contribution < 1.29 is 4.79 Å². The number of fused-ring (bicyclic) bond motifs is 2. The Kier molecular flexibility index (Phi) is 4.43. The predicted molar refractivity (Wildman–Crippen MR) is 113 cm³/mol. The standard InChI is InChI=1S/C19H20N8O2S/c1-26(15-12(6-20)7-22-16-14(15)2-3-21-16)13-4-10-8-27(9-11(10)5-13)19(29)24-18-23-17(28)25-30-18/h2-3,7,10-11,13H,4-5,8-9H2,1H3,(H,21,22)(H2,23,24,25,28,29)/t10-,11?,13?/m1/s1. The fourth-order valence-corrected chi connectivity index (χ4v) is 5.34. The third kappa shape index (κ3) is 3.09. The third-order valence-electron chi connectivity index (χ3n) is 6.24. The zero-order valence-electron chi connectivity index (χ0n) is 16.3. The number of carbonyl (C=O) groups excluding carboxylic acids is 1. The van der Waals surface area contributed by atoms with Gasteiger partial charge in [0.15, 0.2) is 0 Å². The normalized spacial score (nSPS) is 22.8. The van der Waals surface area contributed by atoms with Crippen LogP contribution in [-0.2, 0) is 0 Å². The number of carbonyl (C=O) groups is 1. The van der Waals surface area contributed by atoms with Crippen molar-refractivity contribution in [3.63, 3.8) is 0 Å². The monoisotopic (exact) mass is 424 g/mol. The van der Waals surface area contributed by atoms with E-state index in [1.54, 1.807) is 11.1 Å². The molecule has 154 valence electrons. The number of nitriles is 1. The molecule has 3 N–H and O–H groups in total. The average molecular weight is 424 g/mol. The van der Waals surface area contributed by atoms with Crippen LogP contribution in [0.15, 0.2) is 23.3 Å². The van der Waals surface area contributed by atoms with Gasteiger partial charge in [-0.1, -0.05) is 0 Å². The van der Waals surface area contributed by atoms with Crippen molar-refractivity contribution in [2.45, 2.75) is 18.9 Å². The molecule has 4 heterocycles. The van der Waals surface area contributed by atoms with Crippen LogP contribution in [0.2, 0.25) is 0 Å². The highest BCUT2D eigenvalue weighted by atomic mass is 32.1. The lowest BCUT2D eigenvalue weighted by Crippen LogP contribution is -2.36. The number of urea groups is 1. The van der Waals surface area contributed by atoms with Crippen LogP contribution in [0.5, 0.6) is 0 Å². The van der Waals surface area contributed by atoms with Gasteiger partial charge in [0.25, 0.3) is 0 Å². The molecule has 30 heavy (non-hydrogen) atoms. The SMILES string of the molecule is CN(c1c(C#N)cnc2[nH]ccc12)C1CC2CN(C(=O)Nc3nc(=O)[nH]s3)C[C@H]2C1. The molecule has 2 amide bonds. The number of likely N-dealkylation sites (tertiary alicyclic amines) is 1. The lowest BCUT2D eigenvalue weighted by atomic mass is 10.0. The van der Waals surface area contributed by atoms with E-state index in [4.69, 9.17) is 0 Å². The number of H-pyrrole nitrogens is 2. The second-order valence-corrected chi connectivity index (χ2v) is 8.68. The molecular weight excluding hydrogens is 404 g/mol. The molecule has 11 heteroatoms. The number of hydrogen-bond acceptors (Lipinski definition) is 7. The van der Waals surface area contributed by atoms with E-state index in [2.05, 4.69) is 35.6 Å². The Balaban J connectivity index is 1.28. The molecule has 0 aromatic carbocycles. The van der Waals surface area contributed by atoms with E-state index >= 15 is 0 Å². The zero-order chi connectivity index (χ0) is 20.8. The van der Waals surface area contributed by atoms with Crippen LogP contribution in [0, 0.1) is 23.2 Å². The summed E-state index contributed by atoms with van der Waals surface area (Å²) in [7, 11) is 2.04. The van der Waals surface area contributed by atoms with Crippen LogP contribution >= 0.6 is 11.5 Å². The lowest BCUT2D eigenvalue weighted by Gasteiger charge is -2.29. The summed E-state index contributed by atoms with van der Waals surface area (Å²) >= 11 is 1.02. The van der Waals surface area contributed by atoms with Crippen LogP contribution in [0.3, 0.4) is 0 Å². The average Bonchev–Trinajstić information content (AvgIpc) is 3.49. The van der Waals surface area contributed by atoms with Gasteiger partial charge in [-0.05, 0) is 42.3 Å². The van der Waals surface area contributed by atoms with Gasteiger partial charge in [-0.15, -0.1) is 0 Å². The molecule has 10 nitrogen and oxygen atoms in total. The molecule has 2 aliphatic rings. The number of amides is 2. The first-order valence-corrected chi connectivity index (χ1v) is 10.6. The second kappa shape index (κ2) is 7.14. The van der Waals surface area contributed by atoms with Crippen molar-refractivity contribution in [3.8, 4) is 6.07 Å². The fourth-order valence-electron chi connectivity index (χ4n) is 4.84. The maximum atomic E-state index is 12.5. The number of nitrogens with one attached hydrogen (secondary N) is 3. The van der Waals surface area contributed by atoms with Gasteiger partial charge in [-0.3, -0.25) is 9.69 Å². The quantitative estimate of drug-likeness (QED) is 0.588. The Hall–Kier alpha value is -3.39. The van der Waals surface area contributed by atoms with E-state index < -0.39 is 5.69 Å². The summed E-state index contributed by atoms with van der Waals surface area (Å²) in [6, 6.07) is 4.31. The number of aromatic nitrogens is 4. The predicted octanol–water partition coefficient (Wildman–Crippen LogP) is 1.96. The van der Waals surface area contributed by atoms with Crippen LogP contribution in [-0.4, -0.2) is 56.4 Å². The first-order valence-electron chi connectivity index (χ1n) is 9.74. The third-order valence-corrected chi connectivity index (χ3v) is 6.91. The van der Waals surface area contributed by atoms with Crippen LogP contribution < -0.4 is 15.9 Å². The first-order chi connectivity index (χ1) is 14.5. The highest BCUT2D eigenvalue weighted by Crippen LogP contribution is 2.42. The molecule has 1 saturated heterocycles. The van der Waals surface area contributed by atoms with E-state index in [0.29, 0.717) is 36.5 Å². The molecule has 0 radical (unpaired) electrons. The van der Waals surface area contributed by atoms with Gasteiger partial charge >= 0.3 is 11.7 Å². The summed E-state index contributed by atoms with van der Waals surface area (Å²) in [5.41, 5.74) is 1.80. The topological polar surface area (TPSA) is 134 Å². The number of nitrogens with zero attached hydrogens (tertiary/aromatic N) is 5. The highest BCUT2D eigenvalue weighted by Gasteiger charge is 2.44. The minimum absolute atomic E-state index is 0.216. The summed E-state index contributed by atoms with van der Waals surface area (Å²) in [6.45, 7) is 1.36. The molecule has 5 rings (SSSR count). The van der Waals surface area contributed by atoms with E-state index in [1.807, 2.05) is 19.3 Å². The fraction of sp³-hybridized carbons (Fsp3) is 0.421. The van der Waals surface area contributed by atoms with Gasteiger partial charge in [-0.2, -0.15) is 10.2 Å². The number of aromatic amines is 2. The molecule has 2 unspecified atom stereocenters. The molecule has 1 saturated carbocycles. The smallest absolute Gasteiger partial charge is 0.357 e. The molecule has 0 bridgehead atoms. The highest BCUT2D eigenvalue weighted by molar-refractivity contribution is 7.09. The largest absolute Gasteiger partial charge is 0.370 e. The van der Waals surface area contributed by atoms with E-state index in [1.165, 1.54) is 0 Å². The molecule has 0 spiro atoms. The Labute approximate surface area is 175 Å². The van der Waals surface area contributed by atoms with Gasteiger partial charge in [0, 0.05) is 44.0 Å². The number of rotatable bonds is 3. The molecule has 3 aromatic heterocycles. The summed E-state index contributed by atoms with van der Waals surface area (Å²) < 4.78 is 2.46. The van der Waals surface area contributed by atoms with Gasteiger partial charge in [0.05, 0.1) is 11.3 Å². The molecular formula is C19H20N8O2S. The zero-order valence-corrected chi connectivity index (χ0v) is 17.1. The van der Waals surface area contributed by atoms with Crippen molar-refractivity contribution >= 4 is 39.4 Å². The van der Waals surface area contributed by atoms with Crippen molar-refractivity contribution in [1.29, 1.82) is 5.26 Å². The Morgan fingerprint density at radius 1 is 1.40 bits per heavy atom.